The molecule has 0 fully saturated rings. The number of rotatable bonds is 4. The smallest absolute Gasteiger partial charge is 0.176 e. The number of benzene rings is 2. The third-order valence-electron chi connectivity index (χ3n) is 2.83. The molecular weight excluding hydrogens is 312 g/mol. The molecule has 2 nitrogen and oxygen atoms in total. The Morgan fingerprint density at radius 1 is 1.19 bits per heavy atom. The average Bonchev–Trinajstić information content (AvgIpc) is 2.90. The summed E-state index contributed by atoms with van der Waals surface area (Å²) in [5.74, 6) is -1.74. The van der Waals surface area contributed by atoms with E-state index < -0.39 is 17.4 Å². The van der Waals surface area contributed by atoms with Crippen molar-refractivity contribution in [2.45, 2.75) is 4.34 Å². The van der Waals surface area contributed by atoms with Gasteiger partial charge in [-0.1, -0.05) is 23.9 Å². The topological polar surface area (TPSA) is 30.0 Å². The fourth-order valence-corrected chi connectivity index (χ4v) is 3.78. The van der Waals surface area contributed by atoms with Gasteiger partial charge in [0, 0.05) is 0 Å². The summed E-state index contributed by atoms with van der Waals surface area (Å²) in [6.07, 6.45) is 0. The van der Waals surface area contributed by atoms with E-state index in [0.717, 1.165) is 32.8 Å². The quantitative estimate of drug-likeness (QED) is 0.521. The Hall–Kier alpha value is -1.79. The fraction of sp³-hybridized carbons (Fsp3) is 0.0667. The summed E-state index contributed by atoms with van der Waals surface area (Å²) < 4.78 is 28.3. The average molecular weight is 321 g/mol. The van der Waals surface area contributed by atoms with Crippen LogP contribution in [0.15, 0.2) is 46.8 Å². The normalized spacial score (nSPS) is 11.0. The van der Waals surface area contributed by atoms with E-state index in [1.54, 1.807) is 0 Å². The summed E-state index contributed by atoms with van der Waals surface area (Å²) in [6, 6.07) is 10.5. The van der Waals surface area contributed by atoms with Crippen LogP contribution < -0.4 is 0 Å². The molecule has 0 atom stereocenters. The van der Waals surface area contributed by atoms with Gasteiger partial charge in [0.1, 0.15) is 11.6 Å². The third kappa shape index (κ3) is 3.11. The van der Waals surface area contributed by atoms with Crippen molar-refractivity contribution in [3.05, 3.63) is 59.7 Å². The highest BCUT2D eigenvalue weighted by Crippen LogP contribution is 2.29. The highest BCUT2D eigenvalue weighted by atomic mass is 32.2. The molecule has 0 saturated heterocycles. The monoisotopic (exact) mass is 321 g/mol. The summed E-state index contributed by atoms with van der Waals surface area (Å²) in [7, 11) is 0. The van der Waals surface area contributed by atoms with E-state index in [1.807, 2.05) is 24.3 Å². The van der Waals surface area contributed by atoms with Crippen LogP contribution in [0.5, 0.6) is 0 Å². The molecule has 3 aromatic rings. The Labute approximate surface area is 127 Å². The molecule has 1 heterocycles. The lowest BCUT2D eigenvalue weighted by Crippen LogP contribution is -2.05. The van der Waals surface area contributed by atoms with Crippen molar-refractivity contribution in [3.8, 4) is 0 Å². The Balaban J connectivity index is 1.74. The van der Waals surface area contributed by atoms with Crippen LogP contribution >= 0.6 is 23.1 Å². The van der Waals surface area contributed by atoms with E-state index in [2.05, 4.69) is 4.98 Å². The number of para-hydroxylation sites is 1. The molecule has 0 aliphatic heterocycles. The van der Waals surface area contributed by atoms with Gasteiger partial charge >= 0.3 is 0 Å². The van der Waals surface area contributed by atoms with Crippen molar-refractivity contribution in [2.75, 3.05) is 5.75 Å². The van der Waals surface area contributed by atoms with E-state index >= 15 is 0 Å². The van der Waals surface area contributed by atoms with Crippen LogP contribution in [0.1, 0.15) is 10.4 Å². The molecule has 0 unspecified atom stereocenters. The second-order valence-electron chi connectivity index (χ2n) is 4.28. The predicted molar refractivity (Wildman–Crippen MR) is 81.0 cm³/mol. The number of hydrogen-bond donors (Lipinski definition) is 0. The molecule has 106 valence electrons. The molecule has 3 rings (SSSR count). The van der Waals surface area contributed by atoms with Gasteiger partial charge < -0.3 is 0 Å². The molecular formula is C15H9F2NOS2. The molecule has 2 aromatic carbocycles. The maximum absolute atomic E-state index is 13.5. The number of carbonyl (C=O) groups is 1. The summed E-state index contributed by atoms with van der Waals surface area (Å²) in [5, 5.41) is 0. The molecule has 6 heteroatoms. The number of thioether (sulfide) groups is 1. The zero-order chi connectivity index (χ0) is 14.8. The van der Waals surface area contributed by atoms with E-state index in [4.69, 9.17) is 0 Å². The van der Waals surface area contributed by atoms with Crippen LogP contribution in [0, 0.1) is 11.6 Å². The van der Waals surface area contributed by atoms with Gasteiger partial charge in [-0.05, 0) is 30.3 Å². The molecule has 0 radical (unpaired) electrons. The first-order chi connectivity index (χ1) is 10.1. The molecule has 21 heavy (non-hydrogen) atoms. The van der Waals surface area contributed by atoms with Crippen molar-refractivity contribution in [1.29, 1.82) is 0 Å². The number of ketones is 1. The number of nitrogens with zero attached hydrogens (tertiary/aromatic N) is 1. The van der Waals surface area contributed by atoms with Gasteiger partial charge in [0.05, 0.1) is 21.5 Å². The fourth-order valence-electron chi connectivity index (χ4n) is 1.83. The number of thiazole rings is 1. The van der Waals surface area contributed by atoms with Gasteiger partial charge in [-0.3, -0.25) is 4.79 Å². The van der Waals surface area contributed by atoms with Crippen LogP contribution in [-0.4, -0.2) is 16.5 Å². The highest BCUT2D eigenvalue weighted by molar-refractivity contribution is 8.01. The Bertz CT molecular complexity index is 783. The Morgan fingerprint density at radius 2 is 2.00 bits per heavy atom. The van der Waals surface area contributed by atoms with Crippen LogP contribution in [0.3, 0.4) is 0 Å². The third-order valence-corrected chi connectivity index (χ3v) is 5.01. The summed E-state index contributed by atoms with van der Waals surface area (Å²) >= 11 is 2.71. The molecule has 0 bridgehead atoms. The predicted octanol–water partition coefficient (Wildman–Crippen LogP) is 4.55. The summed E-state index contributed by atoms with van der Waals surface area (Å²) in [6.45, 7) is 0. The van der Waals surface area contributed by atoms with Gasteiger partial charge in [-0.25, -0.2) is 13.8 Å². The largest absolute Gasteiger partial charge is 0.293 e. The van der Waals surface area contributed by atoms with Crippen LogP contribution in [-0.2, 0) is 0 Å². The van der Waals surface area contributed by atoms with Crippen LogP contribution in [0.25, 0.3) is 10.2 Å². The van der Waals surface area contributed by atoms with E-state index in [-0.39, 0.29) is 11.3 Å². The number of aromatic nitrogens is 1. The van der Waals surface area contributed by atoms with Crippen molar-refractivity contribution in [1.82, 2.24) is 4.98 Å². The lowest BCUT2D eigenvalue weighted by Gasteiger charge is -2.01. The first-order valence-corrected chi connectivity index (χ1v) is 7.90. The standard InChI is InChI=1S/C15H9F2NOS2/c16-9-5-6-11(17)10(7-9)13(19)8-20-15-18-12-3-1-2-4-14(12)21-15/h1-7H,8H2. The number of hydrogen-bond acceptors (Lipinski definition) is 4. The minimum Gasteiger partial charge on any atom is -0.293 e. The summed E-state index contributed by atoms with van der Waals surface area (Å²) in [5.41, 5.74) is 0.651. The number of carbonyl (C=O) groups excluding carboxylic acids is 1. The maximum Gasteiger partial charge on any atom is 0.176 e. The molecule has 0 N–H and O–H groups in total. The van der Waals surface area contributed by atoms with Crippen molar-refractivity contribution in [3.63, 3.8) is 0 Å². The van der Waals surface area contributed by atoms with Crippen molar-refractivity contribution in [2.24, 2.45) is 0 Å². The maximum atomic E-state index is 13.5. The van der Waals surface area contributed by atoms with Gasteiger partial charge in [0.15, 0.2) is 10.1 Å². The zero-order valence-electron chi connectivity index (χ0n) is 10.7. The van der Waals surface area contributed by atoms with Crippen LogP contribution in [0.4, 0.5) is 8.78 Å². The number of Topliss-reactive ketones (excluding diaryl/α,β-unsaturated/α-hetero) is 1. The SMILES string of the molecule is O=C(CSc1nc2ccccc2s1)c1cc(F)ccc1F. The zero-order valence-corrected chi connectivity index (χ0v) is 12.3. The van der Waals surface area contributed by atoms with Gasteiger partial charge in [-0.2, -0.15) is 0 Å². The van der Waals surface area contributed by atoms with Crippen molar-refractivity contribution >= 4 is 39.1 Å². The molecule has 0 aliphatic carbocycles. The Kier molecular flexibility index (Phi) is 3.98. The Morgan fingerprint density at radius 3 is 2.81 bits per heavy atom. The lowest BCUT2D eigenvalue weighted by atomic mass is 10.1. The van der Waals surface area contributed by atoms with Gasteiger partial charge in [0.25, 0.3) is 0 Å². The van der Waals surface area contributed by atoms with Gasteiger partial charge in [0.2, 0.25) is 0 Å². The van der Waals surface area contributed by atoms with E-state index in [1.165, 1.54) is 23.1 Å². The minimum absolute atomic E-state index is 0.0280. The molecule has 0 saturated carbocycles. The molecule has 0 aliphatic rings. The van der Waals surface area contributed by atoms with Crippen molar-refractivity contribution < 1.29 is 13.6 Å². The van der Waals surface area contributed by atoms with E-state index in [0.29, 0.717) is 0 Å². The number of fused-ring (bicyclic) bond motifs is 1. The summed E-state index contributed by atoms with van der Waals surface area (Å²) in [4.78, 5) is 16.3. The lowest BCUT2D eigenvalue weighted by molar-refractivity contribution is 0.101. The first kappa shape index (κ1) is 14.2. The van der Waals surface area contributed by atoms with Gasteiger partial charge in [-0.15, -0.1) is 11.3 Å². The second kappa shape index (κ2) is 5.91. The first-order valence-electron chi connectivity index (χ1n) is 6.10. The van der Waals surface area contributed by atoms with E-state index in [9.17, 15) is 13.6 Å². The minimum atomic E-state index is -0.703. The molecule has 1 aromatic heterocycles. The number of halogens is 2. The molecule has 0 amide bonds. The highest BCUT2D eigenvalue weighted by Gasteiger charge is 2.14. The molecule has 0 spiro atoms. The second-order valence-corrected chi connectivity index (χ2v) is 6.54. The van der Waals surface area contributed by atoms with Crippen LogP contribution in [0.2, 0.25) is 0 Å².